The third kappa shape index (κ3) is 4.61. The van der Waals surface area contributed by atoms with Crippen molar-refractivity contribution in [1.82, 2.24) is 5.32 Å². The standard InChI is InChI=1S/C11H21NO2/c1-8(2)7-10(11(13)14)12-6-5-9-3-4-9/h8-10,12H,3-7H2,1-2H3,(H,13,14). The van der Waals surface area contributed by atoms with Crippen LogP contribution in [-0.2, 0) is 4.79 Å². The molecule has 0 heterocycles. The first kappa shape index (κ1) is 11.5. The minimum absolute atomic E-state index is 0.353. The van der Waals surface area contributed by atoms with E-state index >= 15 is 0 Å². The zero-order chi connectivity index (χ0) is 10.6. The highest BCUT2D eigenvalue weighted by Crippen LogP contribution is 2.31. The fourth-order valence-corrected chi connectivity index (χ4v) is 1.61. The van der Waals surface area contributed by atoms with Crippen molar-refractivity contribution in [3.8, 4) is 0 Å². The molecule has 2 N–H and O–H groups in total. The largest absolute Gasteiger partial charge is 0.480 e. The van der Waals surface area contributed by atoms with Gasteiger partial charge in [-0.3, -0.25) is 4.79 Å². The summed E-state index contributed by atoms with van der Waals surface area (Å²) in [6, 6.07) is -0.353. The molecule has 1 fully saturated rings. The number of carbonyl (C=O) groups is 1. The average Bonchev–Trinajstić information content (AvgIpc) is 2.85. The van der Waals surface area contributed by atoms with Crippen LogP contribution in [-0.4, -0.2) is 23.7 Å². The van der Waals surface area contributed by atoms with Crippen molar-refractivity contribution in [1.29, 1.82) is 0 Å². The molecule has 1 unspecified atom stereocenters. The highest BCUT2D eigenvalue weighted by atomic mass is 16.4. The molecule has 1 atom stereocenters. The molecule has 0 bridgehead atoms. The lowest BCUT2D eigenvalue weighted by atomic mass is 10.0. The van der Waals surface area contributed by atoms with E-state index in [1.807, 2.05) is 0 Å². The van der Waals surface area contributed by atoms with Crippen LogP contribution in [0.2, 0.25) is 0 Å². The number of hydrogen-bond acceptors (Lipinski definition) is 2. The lowest BCUT2D eigenvalue weighted by molar-refractivity contribution is -0.139. The second-order valence-corrected chi connectivity index (χ2v) is 4.71. The van der Waals surface area contributed by atoms with Gasteiger partial charge in [0, 0.05) is 0 Å². The number of hydrogen-bond donors (Lipinski definition) is 2. The second kappa shape index (κ2) is 5.35. The third-order valence-corrected chi connectivity index (χ3v) is 2.65. The topological polar surface area (TPSA) is 49.3 Å². The van der Waals surface area contributed by atoms with Crippen molar-refractivity contribution in [2.24, 2.45) is 11.8 Å². The van der Waals surface area contributed by atoms with Crippen molar-refractivity contribution in [3.63, 3.8) is 0 Å². The Morgan fingerprint density at radius 2 is 2.14 bits per heavy atom. The summed E-state index contributed by atoms with van der Waals surface area (Å²) < 4.78 is 0. The molecule has 1 saturated carbocycles. The first-order chi connectivity index (χ1) is 6.59. The molecule has 0 saturated heterocycles. The van der Waals surface area contributed by atoms with Crippen LogP contribution in [0.3, 0.4) is 0 Å². The van der Waals surface area contributed by atoms with Gasteiger partial charge in [0.05, 0.1) is 0 Å². The maximum Gasteiger partial charge on any atom is 0.320 e. The quantitative estimate of drug-likeness (QED) is 0.658. The summed E-state index contributed by atoms with van der Waals surface area (Å²) in [5, 5.41) is 12.1. The fourth-order valence-electron chi connectivity index (χ4n) is 1.61. The minimum Gasteiger partial charge on any atom is -0.480 e. The predicted octanol–water partition coefficient (Wildman–Crippen LogP) is 1.88. The van der Waals surface area contributed by atoms with Gasteiger partial charge in [-0.25, -0.2) is 0 Å². The van der Waals surface area contributed by atoms with Crippen LogP contribution < -0.4 is 5.32 Å². The molecule has 3 heteroatoms. The van der Waals surface area contributed by atoms with E-state index in [1.54, 1.807) is 0 Å². The molecule has 0 spiro atoms. The Labute approximate surface area is 85.9 Å². The van der Waals surface area contributed by atoms with Gasteiger partial charge in [-0.2, -0.15) is 0 Å². The Bertz CT molecular complexity index is 188. The molecular weight excluding hydrogens is 178 g/mol. The molecule has 82 valence electrons. The van der Waals surface area contributed by atoms with E-state index in [-0.39, 0.29) is 6.04 Å². The molecule has 3 nitrogen and oxygen atoms in total. The second-order valence-electron chi connectivity index (χ2n) is 4.71. The first-order valence-corrected chi connectivity index (χ1v) is 5.55. The van der Waals surface area contributed by atoms with Crippen LogP contribution >= 0.6 is 0 Å². The van der Waals surface area contributed by atoms with E-state index in [2.05, 4.69) is 19.2 Å². The van der Waals surface area contributed by atoms with Gasteiger partial charge in [-0.15, -0.1) is 0 Å². The summed E-state index contributed by atoms with van der Waals surface area (Å²) >= 11 is 0. The summed E-state index contributed by atoms with van der Waals surface area (Å²) in [6.07, 6.45) is 4.54. The molecule has 0 aromatic rings. The average molecular weight is 199 g/mol. The van der Waals surface area contributed by atoms with Gasteiger partial charge in [-0.05, 0) is 31.2 Å². The number of aliphatic carboxylic acids is 1. The molecule has 14 heavy (non-hydrogen) atoms. The Morgan fingerprint density at radius 3 is 2.57 bits per heavy atom. The zero-order valence-corrected chi connectivity index (χ0v) is 9.12. The van der Waals surface area contributed by atoms with Gasteiger partial charge in [0.2, 0.25) is 0 Å². The maximum absolute atomic E-state index is 10.9. The molecule has 0 aromatic carbocycles. The number of rotatable bonds is 7. The Balaban J connectivity index is 2.16. The predicted molar refractivity (Wildman–Crippen MR) is 56.2 cm³/mol. The van der Waals surface area contributed by atoms with Gasteiger partial charge < -0.3 is 10.4 Å². The summed E-state index contributed by atoms with van der Waals surface area (Å²) in [4.78, 5) is 10.9. The van der Waals surface area contributed by atoms with Crippen LogP contribution in [0.15, 0.2) is 0 Å². The van der Waals surface area contributed by atoms with Crippen LogP contribution in [0.1, 0.15) is 39.5 Å². The lowest BCUT2D eigenvalue weighted by Crippen LogP contribution is -2.38. The van der Waals surface area contributed by atoms with Crippen molar-refractivity contribution in [3.05, 3.63) is 0 Å². The molecule has 1 aliphatic rings. The summed E-state index contributed by atoms with van der Waals surface area (Å²) in [7, 11) is 0. The van der Waals surface area contributed by atoms with Crippen LogP contribution in [0, 0.1) is 11.8 Å². The van der Waals surface area contributed by atoms with Crippen molar-refractivity contribution in [2.75, 3.05) is 6.54 Å². The summed E-state index contributed by atoms with van der Waals surface area (Å²) in [6.45, 7) is 4.96. The fraction of sp³-hybridized carbons (Fsp3) is 0.909. The minimum atomic E-state index is -0.713. The van der Waals surface area contributed by atoms with E-state index in [0.29, 0.717) is 5.92 Å². The maximum atomic E-state index is 10.9. The van der Waals surface area contributed by atoms with E-state index in [0.717, 1.165) is 25.3 Å². The molecule has 0 radical (unpaired) electrons. The summed E-state index contributed by atoms with van der Waals surface area (Å²) in [5.41, 5.74) is 0. The van der Waals surface area contributed by atoms with Crippen LogP contribution in [0.5, 0.6) is 0 Å². The van der Waals surface area contributed by atoms with Crippen molar-refractivity contribution in [2.45, 2.75) is 45.6 Å². The smallest absolute Gasteiger partial charge is 0.320 e. The Kier molecular flexibility index (Phi) is 4.39. The first-order valence-electron chi connectivity index (χ1n) is 5.55. The van der Waals surface area contributed by atoms with Gasteiger partial charge in [0.25, 0.3) is 0 Å². The van der Waals surface area contributed by atoms with Gasteiger partial charge >= 0.3 is 5.97 Å². The number of nitrogens with one attached hydrogen (secondary N) is 1. The van der Waals surface area contributed by atoms with Crippen molar-refractivity contribution < 1.29 is 9.90 Å². The molecular formula is C11H21NO2. The summed E-state index contributed by atoms with van der Waals surface area (Å²) in [5.74, 6) is 0.593. The van der Waals surface area contributed by atoms with Crippen LogP contribution in [0.4, 0.5) is 0 Å². The SMILES string of the molecule is CC(C)CC(NCCC1CC1)C(=O)O. The highest BCUT2D eigenvalue weighted by molar-refractivity contribution is 5.73. The number of carboxylic acids is 1. The molecule has 0 aliphatic heterocycles. The van der Waals surface area contributed by atoms with Gasteiger partial charge in [0.1, 0.15) is 6.04 Å². The molecule has 1 aliphatic carbocycles. The highest BCUT2D eigenvalue weighted by Gasteiger charge is 2.22. The zero-order valence-electron chi connectivity index (χ0n) is 9.12. The monoisotopic (exact) mass is 199 g/mol. The van der Waals surface area contributed by atoms with E-state index in [4.69, 9.17) is 5.11 Å². The Morgan fingerprint density at radius 1 is 1.50 bits per heavy atom. The molecule has 0 amide bonds. The molecule has 1 rings (SSSR count). The third-order valence-electron chi connectivity index (χ3n) is 2.65. The number of carboxylic acid groups (broad SMARTS) is 1. The van der Waals surface area contributed by atoms with E-state index in [9.17, 15) is 4.79 Å². The van der Waals surface area contributed by atoms with E-state index < -0.39 is 5.97 Å². The normalized spacial score (nSPS) is 18.5. The van der Waals surface area contributed by atoms with Gasteiger partial charge in [-0.1, -0.05) is 26.7 Å². The molecule has 0 aromatic heterocycles. The van der Waals surface area contributed by atoms with E-state index in [1.165, 1.54) is 12.8 Å². The Hall–Kier alpha value is -0.570. The van der Waals surface area contributed by atoms with Crippen LogP contribution in [0.25, 0.3) is 0 Å². The van der Waals surface area contributed by atoms with Crippen molar-refractivity contribution >= 4 is 5.97 Å². The van der Waals surface area contributed by atoms with Gasteiger partial charge in [0.15, 0.2) is 0 Å². The lowest BCUT2D eigenvalue weighted by Gasteiger charge is -2.16.